The third-order valence-corrected chi connectivity index (χ3v) is 6.72. The van der Waals surface area contributed by atoms with Gasteiger partial charge < -0.3 is 19.3 Å². The van der Waals surface area contributed by atoms with Crippen molar-refractivity contribution in [2.75, 3.05) is 39.5 Å². The number of benzene rings is 1. The van der Waals surface area contributed by atoms with Crippen LogP contribution in [-0.2, 0) is 25.4 Å². The van der Waals surface area contributed by atoms with Gasteiger partial charge >= 0.3 is 0 Å². The van der Waals surface area contributed by atoms with E-state index in [0.717, 1.165) is 50.8 Å². The van der Waals surface area contributed by atoms with Crippen LogP contribution in [0, 0.1) is 0 Å². The van der Waals surface area contributed by atoms with Gasteiger partial charge in [-0.3, -0.25) is 4.90 Å². The zero-order valence-electron chi connectivity index (χ0n) is 14.7. The van der Waals surface area contributed by atoms with Gasteiger partial charge in [-0.2, -0.15) is 0 Å². The quantitative estimate of drug-likeness (QED) is 0.845. The van der Waals surface area contributed by atoms with E-state index in [1.54, 1.807) is 0 Å². The molecule has 2 saturated heterocycles. The Hall–Kier alpha value is -0.980. The fourth-order valence-electron chi connectivity index (χ4n) is 5.70. The molecule has 1 spiro atoms. The van der Waals surface area contributed by atoms with Crippen molar-refractivity contribution in [1.29, 1.82) is 0 Å². The predicted molar refractivity (Wildman–Crippen MR) is 92.1 cm³/mol. The summed E-state index contributed by atoms with van der Waals surface area (Å²) in [6, 6.07) is 8.34. The molecule has 0 radical (unpaired) electrons. The summed E-state index contributed by atoms with van der Waals surface area (Å²) in [5.41, 5.74) is 0.690. The van der Waals surface area contributed by atoms with Gasteiger partial charge in [0.15, 0.2) is 5.60 Å². The van der Waals surface area contributed by atoms with E-state index in [4.69, 9.17) is 14.2 Å². The Morgan fingerprint density at radius 3 is 2.28 bits per heavy atom. The Kier molecular flexibility index (Phi) is 3.74. The van der Waals surface area contributed by atoms with E-state index in [2.05, 4.69) is 23.1 Å². The number of fused-ring (bicyclic) bond motifs is 5. The van der Waals surface area contributed by atoms with Gasteiger partial charge in [-0.15, -0.1) is 0 Å². The molecule has 136 valence electrons. The molecule has 1 N–H and O–H groups in total. The van der Waals surface area contributed by atoms with E-state index in [1.807, 2.05) is 6.07 Å². The van der Waals surface area contributed by atoms with Crippen molar-refractivity contribution in [2.45, 2.75) is 49.0 Å². The Morgan fingerprint density at radius 2 is 1.52 bits per heavy atom. The van der Waals surface area contributed by atoms with Crippen molar-refractivity contribution in [3.63, 3.8) is 0 Å². The van der Waals surface area contributed by atoms with Crippen LogP contribution >= 0.6 is 0 Å². The van der Waals surface area contributed by atoms with Crippen LogP contribution in [0.2, 0.25) is 0 Å². The predicted octanol–water partition coefficient (Wildman–Crippen LogP) is 2.12. The van der Waals surface area contributed by atoms with Crippen molar-refractivity contribution in [3.8, 4) is 0 Å². The Morgan fingerprint density at radius 1 is 0.840 bits per heavy atom. The molecule has 0 aromatic heterocycles. The zero-order valence-corrected chi connectivity index (χ0v) is 14.7. The molecule has 3 fully saturated rings. The van der Waals surface area contributed by atoms with Gasteiger partial charge in [0.2, 0.25) is 5.79 Å². The van der Waals surface area contributed by atoms with Crippen LogP contribution in [0.4, 0.5) is 0 Å². The number of rotatable bonds is 1. The van der Waals surface area contributed by atoms with Gasteiger partial charge in [-0.25, -0.2) is 0 Å². The third kappa shape index (κ3) is 1.91. The van der Waals surface area contributed by atoms with Crippen molar-refractivity contribution >= 4 is 0 Å². The summed E-state index contributed by atoms with van der Waals surface area (Å²) in [4.78, 5) is 2.44. The molecular formula is C20H27NO4. The van der Waals surface area contributed by atoms with Crippen LogP contribution < -0.4 is 0 Å². The maximum absolute atomic E-state index is 12.3. The molecule has 5 heteroatoms. The van der Waals surface area contributed by atoms with E-state index in [0.29, 0.717) is 26.4 Å². The molecule has 2 aliphatic carbocycles. The van der Waals surface area contributed by atoms with Gasteiger partial charge in [-0.05, 0) is 30.4 Å². The summed E-state index contributed by atoms with van der Waals surface area (Å²) in [5, 5.41) is 12.3. The summed E-state index contributed by atoms with van der Waals surface area (Å²) in [6.45, 7) is 4.43. The number of hydrogen-bond acceptors (Lipinski definition) is 5. The monoisotopic (exact) mass is 345 g/mol. The first-order valence-corrected chi connectivity index (χ1v) is 9.68. The smallest absolute Gasteiger partial charge is 0.203 e. The molecule has 4 aliphatic rings. The number of hydrogen-bond donors (Lipinski definition) is 1. The molecule has 5 rings (SSSR count). The van der Waals surface area contributed by atoms with E-state index in [-0.39, 0.29) is 0 Å². The molecule has 5 nitrogen and oxygen atoms in total. The van der Waals surface area contributed by atoms with Crippen molar-refractivity contribution in [3.05, 3.63) is 35.4 Å². The minimum absolute atomic E-state index is 0.429. The average Bonchev–Trinajstić information content (AvgIpc) is 2.77. The molecule has 0 bridgehead atoms. The van der Waals surface area contributed by atoms with Gasteiger partial charge in [0.1, 0.15) is 0 Å². The number of ether oxygens (including phenoxy) is 3. The highest BCUT2D eigenvalue weighted by Crippen LogP contribution is 2.67. The van der Waals surface area contributed by atoms with E-state index in [9.17, 15) is 5.11 Å². The van der Waals surface area contributed by atoms with Gasteiger partial charge in [0.25, 0.3) is 0 Å². The standard InChI is InChI=1S/C20H27NO4/c22-20-17-7-2-1-6-16(17)18(20,21-10-14-23-15-11-21)8-3-4-9-19(20)24-12-5-13-25-19/h1-2,6-7,22H,3-5,8-15H2/t18-,20+/m0/s1. The first-order valence-electron chi connectivity index (χ1n) is 9.68. The second-order valence-electron chi connectivity index (χ2n) is 7.73. The Labute approximate surface area is 148 Å². The lowest BCUT2D eigenvalue weighted by Gasteiger charge is -2.67. The highest BCUT2D eigenvalue weighted by atomic mass is 16.7. The summed E-state index contributed by atoms with van der Waals surface area (Å²) in [7, 11) is 0. The molecule has 0 unspecified atom stereocenters. The summed E-state index contributed by atoms with van der Waals surface area (Å²) >= 11 is 0. The molecule has 1 aromatic carbocycles. The lowest BCUT2D eigenvalue weighted by molar-refractivity contribution is -0.388. The Bertz CT molecular complexity index is 630. The van der Waals surface area contributed by atoms with E-state index < -0.39 is 16.9 Å². The molecular weight excluding hydrogens is 318 g/mol. The Balaban J connectivity index is 1.70. The first kappa shape index (κ1) is 16.2. The number of morpholine rings is 1. The molecule has 25 heavy (non-hydrogen) atoms. The lowest BCUT2D eigenvalue weighted by atomic mass is 9.53. The molecule has 2 atom stereocenters. The van der Waals surface area contributed by atoms with Crippen LogP contribution in [0.25, 0.3) is 0 Å². The summed E-state index contributed by atoms with van der Waals surface area (Å²) in [5.74, 6) is -0.922. The fraction of sp³-hybridized carbons (Fsp3) is 0.700. The SMILES string of the molecule is O[C@]12c3ccccc3[C@@]1(N1CCOCC1)CCCCC21OCCCO1. The van der Waals surface area contributed by atoms with Gasteiger partial charge in [0, 0.05) is 19.5 Å². The van der Waals surface area contributed by atoms with Crippen molar-refractivity contribution < 1.29 is 19.3 Å². The molecule has 2 heterocycles. The van der Waals surface area contributed by atoms with Crippen molar-refractivity contribution in [2.24, 2.45) is 0 Å². The second kappa shape index (κ2) is 5.76. The highest BCUT2D eigenvalue weighted by molar-refractivity contribution is 5.55. The van der Waals surface area contributed by atoms with Crippen LogP contribution in [-0.4, -0.2) is 55.3 Å². The fourth-order valence-corrected chi connectivity index (χ4v) is 5.70. The van der Waals surface area contributed by atoms with Crippen molar-refractivity contribution in [1.82, 2.24) is 4.90 Å². The van der Waals surface area contributed by atoms with E-state index in [1.165, 1.54) is 5.56 Å². The zero-order chi connectivity index (χ0) is 17.0. The summed E-state index contributed by atoms with van der Waals surface area (Å²) < 4.78 is 18.1. The third-order valence-electron chi connectivity index (χ3n) is 6.72. The lowest BCUT2D eigenvalue weighted by Crippen LogP contribution is -2.77. The average molecular weight is 345 g/mol. The maximum atomic E-state index is 12.3. The molecule has 2 aliphatic heterocycles. The molecule has 0 amide bonds. The van der Waals surface area contributed by atoms with E-state index >= 15 is 0 Å². The van der Waals surface area contributed by atoms with Crippen LogP contribution in [0.5, 0.6) is 0 Å². The first-order chi connectivity index (χ1) is 12.2. The minimum atomic E-state index is -1.12. The molecule has 1 saturated carbocycles. The second-order valence-corrected chi connectivity index (χ2v) is 7.73. The normalized spacial score (nSPS) is 37.6. The minimum Gasteiger partial charge on any atom is -0.379 e. The van der Waals surface area contributed by atoms with Crippen LogP contribution in [0.15, 0.2) is 24.3 Å². The number of aliphatic hydroxyl groups is 1. The number of nitrogens with zero attached hydrogens (tertiary/aromatic N) is 1. The van der Waals surface area contributed by atoms with Gasteiger partial charge in [-0.1, -0.05) is 30.7 Å². The van der Waals surface area contributed by atoms with Crippen LogP contribution in [0.1, 0.15) is 43.2 Å². The largest absolute Gasteiger partial charge is 0.379 e. The summed E-state index contributed by atoms with van der Waals surface area (Å²) in [6.07, 6.45) is 4.67. The molecule has 1 aromatic rings. The maximum Gasteiger partial charge on any atom is 0.203 e. The highest BCUT2D eigenvalue weighted by Gasteiger charge is 2.75. The van der Waals surface area contributed by atoms with Crippen LogP contribution in [0.3, 0.4) is 0 Å². The van der Waals surface area contributed by atoms with Gasteiger partial charge in [0.05, 0.1) is 32.0 Å². The topological polar surface area (TPSA) is 51.2 Å².